The van der Waals surface area contributed by atoms with Crippen molar-refractivity contribution in [2.75, 3.05) is 26.7 Å². The SMILES string of the molecule is CCC1CN(Cc2ccccc2C#N)CCN1C. The van der Waals surface area contributed by atoms with Crippen molar-refractivity contribution in [2.45, 2.75) is 25.9 Å². The van der Waals surface area contributed by atoms with E-state index in [4.69, 9.17) is 5.26 Å². The summed E-state index contributed by atoms with van der Waals surface area (Å²) in [7, 11) is 2.20. The maximum atomic E-state index is 9.11. The number of likely N-dealkylation sites (N-methyl/N-ethyl adjacent to an activating group) is 1. The molecule has 0 aromatic heterocycles. The lowest BCUT2D eigenvalue weighted by atomic mass is 10.1. The first-order valence-corrected chi connectivity index (χ1v) is 6.65. The van der Waals surface area contributed by atoms with Gasteiger partial charge in [0.1, 0.15) is 0 Å². The van der Waals surface area contributed by atoms with Gasteiger partial charge in [0.2, 0.25) is 0 Å². The lowest BCUT2D eigenvalue weighted by Gasteiger charge is -2.39. The Bertz CT molecular complexity index is 436. The summed E-state index contributed by atoms with van der Waals surface area (Å²) < 4.78 is 0. The molecule has 1 aromatic carbocycles. The third kappa shape index (κ3) is 2.90. The maximum Gasteiger partial charge on any atom is 0.0995 e. The fraction of sp³-hybridized carbons (Fsp3) is 0.533. The third-order valence-corrected chi connectivity index (χ3v) is 3.86. The molecule has 0 amide bonds. The molecule has 0 spiro atoms. The Hall–Kier alpha value is -1.37. The van der Waals surface area contributed by atoms with E-state index in [0.717, 1.165) is 37.3 Å². The second-order valence-electron chi connectivity index (χ2n) is 5.05. The molecule has 0 N–H and O–H groups in total. The highest BCUT2D eigenvalue weighted by Crippen LogP contribution is 2.16. The molecule has 1 aliphatic heterocycles. The zero-order valence-electron chi connectivity index (χ0n) is 11.3. The second-order valence-corrected chi connectivity index (χ2v) is 5.05. The number of benzene rings is 1. The molecule has 0 aliphatic carbocycles. The first-order valence-electron chi connectivity index (χ1n) is 6.65. The average Bonchev–Trinajstić information content (AvgIpc) is 2.41. The molecule has 1 aliphatic rings. The molecule has 1 atom stereocenters. The Balaban J connectivity index is 2.04. The number of nitriles is 1. The summed E-state index contributed by atoms with van der Waals surface area (Å²) in [6, 6.07) is 10.8. The van der Waals surface area contributed by atoms with Gasteiger partial charge in [-0.2, -0.15) is 5.26 Å². The van der Waals surface area contributed by atoms with Crippen molar-refractivity contribution < 1.29 is 0 Å². The zero-order chi connectivity index (χ0) is 13.0. The van der Waals surface area contributed by atoms with E-state index in [-0.39, 0.29) is 0 Å². The van der Waals surface area contributed by atoms with E-state index >= 15 is 0 Å². The van der Waals surface area contributed by atoms with Crippen LogP contribution in [0.1, 0.15) is 24.5 Å². The van der Waals surface area contributed by atoms with Crippen LogP contribution in [-0.4, -0.2) is 42.5 Å². The molecule has 0 radical (unpaired) electrons. The molecule has 1 unspecified atom stereocenters. The topological polar surface area (TPSA) is 30.3 Å². The molecule has 3 nitrogen and oxygen atoms in total. The van der Waals surface area contributed by atoms with Crippen LogP contribution in [0.25, 0.3) is 0 Å². The zero-order valence-corrected chi connectivity index (χ0v) is 11.3. The number of hydrogen-bond donors (Lipinski definition) is 0. The molecular formula is C15H21N3. The highest BCUT2D eigenvalue weighted by molar-refractivity contribution is 5.37. The minimum Gasteiger partial charge on any atom is -0.301 e. The van der Waals surface area contributed by atoms with Gasteiger partial charge in [0.15, 0.2) is 0 Å². The number of hydrogen-bond acceptors (Lipinski definition) is 3. The lowest BCUT2D eigenvalue weighted by Crippen LogP contribution is -2.50. The molecule has 18 heavy (non-hydrogen) atoms. The minimum absolute atomic E-state index is 0.646. The van der Waals surface area contributed by atoms with Crippen molar-refractivity contribution in [3.63, 3.8) is 0 Å². The summed E-state index contributed by atoms with van der Waals surface area (Å²) in [5, 5.41) is 9.11. The van der Waals surface area contributed by atoms with Crippen molar-refractivity contribution in [1.29, 1.82) is 5.26 Å². The molecule has 0 saturated carbocycles. The highest BCUT2D eigenvalue weighted by Gasteiger charge is 2.23. The number of nitrogens with zero attached hydrogens (tertiary/aromatic N) is 3. The molecule has 0 bridgehead atoms. The molecule has 1 fully saturated rings. The van der Waals surface area contributed by atoms with Gasteiger partial charge in [0.25, 0.3) is 0 Å². The van der Waals surface area contributed by atoms with Crippen LogP contribution in [0.3, 0.4) is 0 Å². The smallest absolute Gasteiger partial charge is 0.0995 e. The largest absolute Gasteiger partial charge is 0.301 e. The third-order valence-electron chi connectivity index (χ3n) is 3.86. The standard InChI is InChI=1S/C15H21N3/c1-3-15-12-18(9-8-17(15)2)11-14-7-5-4-6-13(14)10-16/h4-7,15H,3,8-9,11-12H2,1-2H3. The highest BCUT2D eigenvalue weighted by atomic mass is 15.3. The van der Waals surface area contributed by atoms with Gasteiger partial charge in [-0.3, -0.25) is 4.90 Å². The van der Waals surface area contributed by atoms with Gasteiger partial charge in [-0.15, -0.1) is 0 Å². The van der Waals surface area contributed by atoms with Gasteiger partial charge in [0.05, 0.1) is 11.6 Å². The Kier molecular flexibility index (Phi) is 4.35. The molecule has 1 heterocycles. The van der Waals surface area contributed by atoms with Crippen molar-refractivity contribution in [2.24, 2.45) is 0 Å². The summed E-state index contributed by atoms with van der Waals surface area (Å²) in [5.41, 5.74) is 1.96. The Morgan fingerprint density at radius 2 is 2.11 bits per heavy atom. The predicted molar refractivity (Wildman–Crippen MR) is 73.1 cm³/mol. The van der Waals surface area contributed by atoms with Crippen LogP contribution in [-0.2, 0) is 6.54 Å². The monoisotopic (exact) mass is 243 g/mol. The molecule has 1 saturated heterocycles. The van der Waals surface area contributed by atoms with Crippen molar-refractivity contribution in [3.8, 4) is 6.07 Å². The van der Waals surface area contributed by atoms with Gasteiger partial charge in [-0.1, -0.05) is 25.1 Å². The summed E-state index contributed by atoms with van der Waals surface area (Å²) in [5.74, 6) is 0. The second kappa shape index (κ2) is 5.99. The summed E-state index contributed by atoms with van der Waals surface area (Å²) in [4.78, 5) is 4.90. The minimum atomic E-state index is 0.646. The molecular weight excluding hydrogens is 222 g/mol. The first-order chi connectivity index (χ1) is 8.74. The van der Waals surface area contributed by atoms with E-state index in [1.165, 1.54) is 6.42 Å². The average molecular weight is 243 g/mol. The first kappa shape index (κ1) is 13.1. The maximum absolute atomic E-state index is 9.11. The van der Waals surface area contributed by atoms with E-state index in [9.17, 15) is 0 Å². The fourth-order valence-corrected chi connectivity index (χ4v) is 2.60. The van der Waals surface area contributed by atoms with Gasteiger partial charge >= 0.3 is 0 Å². The predicted octanol–water partition coefficient (Wildman–Crippen LogP) is 2.08. The van der Waals surface area contributed by atoms with Crippen LogP contribution >= 0.6 is 0 Å². The summed E-state index contributed by atoms with van der Waals surface area (Å²) in [6.45, 7) is 6.45. The van der Waals surface area contributed by atoms with Crippen molar-refractivity contribution >= 4 is 0 Å². The Morgan fingerprint density at radius 3 is 2.83 bits per heavy atom. The normalized spacial score (nSPS) is 21.7. The lowest BCUT2D eigenvalue weighted by molar-refractivity contribution is 0.0883. The molecule has 1 aromatic rings. The van der Waals surface area contributed by atoms with E-state index in [0.29, 0.717) is 6.04 Å². The fourth-order valence-electron chi connectivity index (χ4n) is 2.60. The van der Waals surface area contributed by atoms with Crippen LogP contribution in [0.5, 0.6) is 0 Å². The van der Waals surface area contributed by atoms with Crippen LogP contribution in [0.4, 0.5) is 0 Å². The van der Waals surface area contributed by atoms with Gasteiger partial charge in [0, 0.05) is 32.2 Å². The van der Waals surface area contributed by atoms with Gasteiger partial charge < -0.3 is 4.90 Å². The van der Waals surface area contributed by atoms with E-state index in [2.05, 4.69) is 35.9 Å². The van der Waals surface area contributed by atoms with Gasteiger partial charge in [-0.25, -0.2) is 0 Å². The Labute approximate surface area is 110 Å². The molecule has 3 heteroatoms. The molecule has 2 rings (SSSR count). The quantitative estimate of drug-likeness (QED) is 0.814. The van der Waals surface area contributed by atoms with E-state index < -0.39 is 0 Å². The van der Waals surface area contributed by atoms with E-state index in [1.54, 1.807) is 0 Å². The van der Waals surface area contributed by atoms with Crippen LogP contribution in [0.15, 0.2) is 24.3 Å². The van der Waals surface area contributed by atoms with Crippen LogP contribution in [0, 0.1) is 11.3 Å². The van der Waals surface area contributed by atoms with Gasteiger partial charge in [-0.05, 0) is 25.1 Å². The van der Waals surface area contributed by atoms with Crippen molar-refractivity contribution in [3.05, 3.63) is 35.4 Å². The van der Waals surface area contributed by atoms with Crippen LogP contribution < -0.4 is 0 Å². The number of rotatable bonds is 3. The van der Waals surface area contributed by atoms with Crippen molar-refractivity contribution in [1.82, 2.24) is 9.80 Å². The summed E-state index contributed by atoms with van der Waals surface area (Å²) in [6.07, 6.45) is 1.19. The summed E-state index contributed by atoms with van der Waals surface area (Å²) >= 11 is 0. The number of piperazine rings is 1. The van der Waals surface area contributed by atoms with E-state index in [1.807, 2.05) is 18.2 Å². The van der Waals surface area contributed by atoms with Crippen LogP contribution in [0.2, 0.25) is 0 Å². The Morgan fingerprint density at radius 1 is 1.33 bits per heavy atom. The molecule has 96 valence electrons.